The van der Waals surface area contributed by atoms with E-state index in [0.29, 0.717) is 12.3 Å². The molecule has 0 saturated carbocycles. The monoisotopic (exact) mass is 168 g/mol. The van der Waals surface area contributed by atoms with Crippen molar-refractivity contribution in [1.29, 1.82) is 0 Å². The molecule has 0 radical (unpaired) electrons. The lowest BCUT2D eigenvalue weighted by atomic mass is 10.2. The van der Waals surface area contributed by atoms with Crippen molar-refractivity contribution in [2.45, 2.75) is 20.4 Å². The van der Waals surface area contributed by atoms with E-state index in [2.05, 4.69) is 10.5 Å². The lowest BCUT2D eigenvalue weighted by Gasteiger charge is -2.04. The molecule has 1 aromatic rings. The maximum absolute atomic E-state index is 11.1. The quantitative estimate of drug-likeness (QED) is 0.731. The summed E-state index contributed by atoms with van der Waals surface area (Å²) in [4.78, 5) is 11.1. The number of rotatable bonds is 3. The van der Waals surface area contributed by atoms with Crippen molar-refractivity contribution >= 4 is 5.91 Å². The van der Waals surface area contributed by atoms with Gasteiger partial charge in [0.15, 0.2) is 5.76 Å². The highest BCUT2D eigenvalue weighted by Crippen LogP contribution is 1.97. The standard InChI is InChI=1S/C8H12N2O2/c1-6(2)8(11)9-5-7-3-4-10-12-7/h3-4,6H,5H2,1-2H3,(H,9,11). The molecule has 0 fully saturated rings. The van der Waals surface area contributed by atoms with Gasteiger partial charge in [-0.3, -0.25) is 4.79 Å². The largest absolute Gasteiger partial charge is 0.360 e. The summed E-state index contributed by atoms with van der Waals surface area (Å²) < 4.78 is 4.80. The molecule has 1 N–H and O–H groups in total. The molecule has 0 saturated heterocycles. The fourth-order valence-corrected chi connectivity index (χ4v) is 0.712. The van der Waals surface area contributed by atoms with Gasteiger partial charge in [-0.1, -0.05) is 19.0 Å². The van der Waals surface area contributed by atoms with Crippen LogP contribution < -0.4 is 5.32 Å². The van der Waals surface area contributed by atoms with Crippen LogP contribution in [-0.2, 0) is 11.3 Å². The SMILES string of the molecule is CC(C)C(=O)NCc1ccno1. The zero-order valence-electron chi connectivity index (χ0n) is 7.20. The Balaban J connectivity index is 2.32. The first-order valence-corrected chi connectivity index (χ1v) is 3.87. The van der Waals surface area contributed by atoms with Crippen LogP contribution in [0.15, 0.2) is 16.8 Å². The normalized spacial score (nSPS) is 10.2. The molecule has 0 unspecified atom stereocenters. The number of hydrogen-bond donors (Lipinski definition) is 1. The molecule has 1 amide bonds. The summed E-state index contributed by atoms with van der Waals surface area (Å²) in [5, 5.41) is 6.23. The Morgan fingerprint density at radius 3 is 3.00 bits per heavy atom. The first kappa shape index (κ1) is 8.77. The molecule has 0 bridgehead atoms. The molecular formula is C8H12N2O2. The van der Waals surface area contributed by atoms with Crippen molar-refractivity contribution in [1.82, 2.24) is 10.5 Å². The van der Waals surface area contributed by atoms with Crippen molar-refractivity contribution < 1.29 is 9.32 Å². The van der Waals surface area contributed by atoms with Gasteiger partial charge in [-0.15, -0.1) is 0 Å². The van der Waals surface area contributed by atoms with Gasteiger partial charge in [0.1, 0.15) is 0 Å². The number of nitrogens with one attached hydrogen (secondary N) is 1. The molecule has 4 heteroatoms. The molecule has 0 aromatic carbocycles. The van der Waals surface area contributed by atoms with Gasteiger partial charge in [0.25, 0.3) is 0 Å². The molecule has 0 atom stereocenters. The molecule has 1 rings (SSSR count). The predicted octanol–water partition coefficient (Wildman–Crippen LogP) is 0.947. The van der Waals surface area contributed by atoms with Crippen LogP contribution in [0.3, 0.4) is 0 Å². The average molecular weight is 168 g/mol. The number of nitrogens with zero attached hydrogens (tertiary/aromatic N) is 1. The summed E-state index contributed by atoms with van der Waals surface area (Å²) in [6, 6.07) is 1.72. The third-order valence-corrected chi connectivity index (χ3v) is 1.45. The minimum atomic E-state index is 0.00733. The number of carbonyl (C=O) groups is 1. The number of hydrogen-bond acceptors (Lipinski definition) is 3. The van der Waals surface area contributed by atoms with Crippen LogP contribution in [-0.4, -0.2) is 11.1 Å². The zero-order valence-corrected chi connectivity index (χ0v) is 7.20. The maximum Gasteiger partial charge on any atom is 0.222 e. The van der Waals surface area contributed by atoms with E-state index in [-0.39, 0.29) is 11.8 Å². The Labute approximate surface area is 70.9 Å². The van der Waals surface area contributed by atoms with E-state index >= 15 is 0 Å². The van der Waals surface area contributed by atoms with Gasteiger partial charge in [0.05, 0.1) is 12.7 Å². The molecule has 0 aliphatic heterocycles. The summed E-state index contributed by atoms with van der Waals surface area (Å²) in [6.45, 7) is 4.10. The van der Waals surface area contributed by atoms with Crippen LogP contribution in [0.4, 0.5) is 0 Å². The average Bonchev–Trinajstić information content (AvgIpc) is 2.51. The first-order chi connectivity index (χ1) is 5.70. The Bertz CT molecular complexity index is 242. The third kappa shape index (κ3) is 2.38. The van der Waals surface area contributed by atoms with Crippen molar-refractivity contribution in [2.75, 3.05) is 0 Å². The van der Waals surface area contributed by atoms with Gasteiger partial charge >= 0.3 is 0 Å². The third-order valence-electron chi connectivity index (χ3n) is 1.45. The van der Waals surface area contributed by atoms with E-state index in [1.54, 1.807) is 12.3 Å². The van der Waals surface area contributed by atoms with E-state index in [1.165, 1.54) is 0 Å². The van der Waals surface area contributed by atoms with Crippen LogP contribution >= 0.6 is 0 Å². The van der Waals surface area contributed by atoms with E-state index in [1.807, 2.05) is 13.8 Å². The topological polar surface area (TPSA) is 55.1 Å². The summed E-state index contributed by atoms with van der Waals surface area (Å²) in [7, 11) is 0. The molecule has 66 valence electrons. The van der Waals surface area contributed by atoms with Gasteiger partial charge in [0.2, 0.25) is 5.91 Å². The van der Waals surface area contributed by atoms with Crippen molar-refractivity contribution in [3.8, 4) is 0 Å². The lowest BCUT2D eigenvalue weighted by Crippen LogP contribution is -2.26. The van der Waals surface area contributed by atoms with E-state index < -0.39 is 0 Å². The van der Waals surface area contributed by atoms with Gasteiger partial charge in [0, 0.05) is 12.0 Å². The molecular weight excluding hydrogens is 156 g/mol. The lowest BCUT2D eigenvalue weighted by molar-refractivity contribution is -0.124. The Hall–Kier alpha value is -1.32. The fourth-order valence-electron chi connectivity index (χ4n) is 0.712. The fraction of sp³-hybridized carbons (Fsp3) is 0.500. The molecule has 4 nitrogen and oxygen atoms in total. The Morgan fingerprint density at radius 2 is 2.50 bits per heavy atom. The summed E-state index contributed by atoms with van der Waals surface area (Å²) >= 11 is 0. The zero-order chi connectivity index (χ0) is 8.97. The van der Waals surface area contributed by atoms with Crippen LogP contribution in [0.1, 0.15) is 19.6 Å². The smallest absolute Gasteiger partial charge is 0.222 e. The maximum atomic E-state index is 11.1. The highest BCUT2D eigenvalue weighted by atomic mass is 16.5. The van der Waals surface area contributed by atoms with Crippen LogP contribution in [0, 0.1) is 5.92 Å². The van der Waals surface area contributed by atoms with Crippen LogP contribution in [0.5, 0.6) is 0 Å². The van der Waals surface area contributed by atoms with Crippen molar-refractivity contribution in [3.05, 3.63) is 18.0 Å². The second kappa shape index (κ2) is 3.90. The van der Waals surface area contributed by atoms with Gasteiger partial charge in [-0.05, 0) is 0 Å². The molecule has 1 heterocycles. The highest BCUT2D eigenvalue weighted by molar-refractivity contribution is 5.77. The highest BCUT2D eigenvalue weighted by Gasteiger charge is 2.06. The summed E-state index contributed by atoms with van der Waals surface area (Å²) in [5.74, 6) is 0.698. The predicted molar refractivity (Wildman–Crippen MR) is 43.2 cm³/mol. The Kier molecular flexibility index (Phi) is 2.85. The molecule has 12 heavy (non-hydrogen) atoms. The Morgan fingerprint density at radius 1 is 1.75 bits per heavy atom. The number of amides is 1. The van der Waals surface area contributed by atoms with E-state index in [0.717, 1.165) is 0 Å². The summed E-state index contributed by atoms with van der Waals surface area (Å²) in [5.41, 5.74) is 0. The van der Waals surface area contributed by atoms with E-state index in [4.69, 9.17) is 4.52 Å². The molecule has 1 aromatic heterocycles. The number of aromatic nitrogens is 1. The van der Waals surface area contributed by atoms with Crippen LogP contribution in [0.25, 0.3) is 0 Å². The molecule has 0 aliphatic carbocycles. The van der Waals surface area contributed by atoms with E-state index in [9.17, 15) is 4.79 Å². The second-order valence-electron chi connectivity index (χ2n) is 2.85. The van der Waals surface area contributed by atoms with Crippen molar-refractivity contribution in [2.24, 2.45) is 5.92 Å². The van der Waals surface area contributed by atoms with Crippen LogP contribution in [0.2, 0.25) is 0 Å². The first-order valence-electron chi connectivity index (χ1n) is 3.87. The summed E-state index contributed by atoms with van der Waals surface area (Å²) in [6.07, 6.45) is 1.55. The molecule has 0 aliphatic rings. The minimum absolute atomic E-state index is 0.00733. The van der Waals surface area contributed by atoms with Crippen molar-refractivity contribution in [3.63, 3.8) is 0 Å². The van der Waals surface area contributed by atoms with Gasteiger partial charge in [-0.2, -0.15) is 0 Å². The van der Waals surface area contributed by atoms with Gasteiger partial charge < -0.3 is 9.84 Å². The molecule has 0 spiro atoms. The minimum Gasteiger partial charge on any atom is -0.360 e. The number of carbonyl (C=O) groups excluding carboxylic acids is 1. The van der Waals surface area contributed by atoms with Gasteiger partial charge in [-0.25, -0.2) is 0 Å². The second-order valence-corrected chi connectivity index (χ2v) is 2.85.